The molecule has 0 aromatic heterocycles. The molecule has 0 spiro atoms. The summed E-state index contributed by atoms with van der Waals surface area (Å²) in [7, 11) is 0. The van der Waals surface area contributed by atoms with Crippen molar-refractivity contribution in [1.29, 1.82) is 0 Å². The molecule has 4 atom stereocenters. The summed E-state index contributed by atoms with van der Waals surface area (Å²) >= 11 is 0. The van der Waals surface area contributed by atoms with Gasteiger partial charge in [0.05, 0.1) is 12.6 Å². The minimum atomic E-state index is -1.07. The molecule has 7 heteroatoms. The molecule has 1 aliphatic rings. The van der Waals surface area contributed by atoms with Crippen molar-refractivity contribution in [2.24, 2.45) is 0 Å². The fourth-order valence-corrected chi connectivity index (χ4v) is 3.27. The minimum absolute atomic E-state index is 0.331. The van der Waals surface area contributed by atoms with Gasteiger partial charge in [-0.05, 0) is 5.56 Å². The first-order valence-electron chi connectivity index (χ1n) is 8.76. The zero-order valence-electron chi connectivity index (χ0n) is 15.6. The molecule has 146 valence electrons. The standard InChI is InChI=1S/C20H25NO6/c1-4-10-21-11-17(25-13-16-8-6-5-7-9-16)20(27-15(3)24)19(21)18(12-22)26-14(2)23/h4-9,12,17-20H,1,10-11,13H2,2-3H3/t17-,18+,19-,20-/m1/s1. The van der Waals surface area contributed by atoms with Crippen molar-refractivity contribution >= 4 is 18.2 Å². The Hall–Kier alpha value is -2.51. The van der Waals surface area contributed by atoms with Crippen molar-refractivity contribution in [3.05, 3.63) is 48.6 Å². The first kappa shape index (κ1) is 20.8. The van der Waals surface area contributed by atoms with Crippen LogP contribution in [0.1, 0.15) is 19.4 Å². The molecule has 0 unspecified atom stereocenters. The van der Waals surface area contributed by atoms with E-state index in [-0.39, 0.29) is 0 Å². The van der Waals surface area contributed by atoms with Gasteiger partial charge in [-0.15, -0.1) is 6.58 Å². The first-order valence-corrected chi connectivity index (χ1v) is 8.76. The second-order valence-electron chi connectivity index (χ2n) is 6.35. The van der Waals surface area contributed by atoms with Gasteiger partial charge in [0.1, 0.15) is 12.2 Å². The Kier molecular flexibility index (Phi) is 7.69. The van der Waals surface area contributed by atoms with Crippen LogP contribution in [0.2, 0.25) is 0 Å². The molecule has 0 N–H and O–H groups in total. The average Bonchev–Trinajstić information content (AvgIpc) is 2.95. The van der Waals surface area contributed by atoms with Crippen LogP contribution >= 0.6 is 0 Å². The summed E-state index contributed by atoms with van der Waals surface area (Å²) in [6.45, 7) is 7.42. The fraction of sp³-hybridized carbons (Fsp3) is 0.450. The molecule has 0 aliphatic carbocycles. The topological polar surface area (TPSA) is 82.1 Å². The molecule has 0 saturated carbocycles. The SMILES string of the molecule is C=CCN1C[C@@H](OCc2ccccc2)[C@@H](OC(C)=O)[C@H]1[C@H](C=O)OC(C)=O. The maximum absolute atomic E-state index is 11.7. The maximum Gasteiger partial charge on any atom is 0.303 e. The highest BCUT2D eigenvalue weighted by molar-refractivity contribution is 5.71. The number of benzene rings is 1. The number of carbonyl (C=O) groups is 3. The van der Waals surface area contributed by atoms with E-state index in [9.17, 15) is 14.4 Å². The highest BCUT2D eigenvalue weighted by Gasteiger charge is 2.49. The summed E-state index contributed by atoms with van der Waals surface area (Å²) in [4.78, 5) is 36.5. The van der Waals surface area contributed by atoms with Crippen LogP contribution in [0.25, 0.3) is 0 Å². The summed E-state index contributed by atoms with van der Waals surface area (Å²) in [5, 5.41) is 0. The molecule has 0 bridgehead atoms. The lowest BCUT2D eigenvalue weighted by Crippen LogP contribution is -2.49. The van der Waals surface area contributed by atoms with Crippen molar-refractivity contribution in [2.75, 3.05) is 13.1 Å². The minimum Gasteiger partial charge on any atom is -0.458 e. The van der Waals surface area contributed by atoms with E-state index >= 15 is 0 Å². The highest BCUT2D eigenvalue weighted by Crippen LogP contribution is 2.28. The van der Waals surface area contributed by atoms with Crippen molar-refractivity contribution in [1.82, 2.24) is 4.90 Å². The van der Waals surface area contributed by atoms with Crippen molar-refractivity contribution in [3.63, 3.8) is 0 Å². The van der Waals surface area contributed by atoms with Gasteiger partial charge in [0.25, 0.3) is 0 Å². The van der Waals surface area contributed by atoms with Crippen LogP contribution in [0.4, 0.5) is 0 Å². The highest BCUT2D eigenvalue weighted by atomic mass is 16.6. The third-order valence-electron chi connectivity index (χ3n) is 4.28. The lowest BCUT2D eigenvalue weighted by molar-refractivity contribution is -0.163. The van der Waals surface area contributed by atoms with Crippen LogP contribution in [0.15, 0.2) is 43.0 Å². The summed E-state index contributed by atoms with van der Waals surface area (Å²) < 4.78 is 16.6. The van der Waals surface area contributed by atoms with E-state index in [1.165, 1.54) is 13.8 Å². The fourth-order valence-electron chi connectivity index (χ4n) is 3.27. The van der Waals surface area contributed by atoms with Gasteiger partial charge in [-0.1, -0.05) is 36.4 Å². The van der Waals surface area contributed by atoms with Gasteiger partial charge in [-0.3, -0.25) is 19.3 Å². The molecule has 1 saturated heterocycles. The largest absolute Gasteiger partial charge is 0.458 e. The Bertz CT molecular complexity index is 662. The number of likely N-dealkylation sites (tertiary alicyclic amines) is 1. The van der Waals surface area contributed by atoms with Gasteiger partial charge < -0.3 is 14.2 Å². The number of hydrogen-bond donors (Lipinski definition) is 0. The van der Waals surface area contributed by atoms with Crippen molar-refractivity contribution in [2.45, 2.75) is 44.8 Å². The summed E-state index contributed by atoms with van der Waals surface area (Å²) in [5.41, 5.74) is 0.977. The Labute approximate surface area is 158 Å². The number of nitrogens with zero attached hydrogens (tertiary/aromatic N) is 1. The number of aldehydes is 1. The normalized spacial score (nSPS) is 23.4. The molecule has 1 aromatic carbocycles. The van der Waals surface area contributed by atoms with Crippen LogP contribution in [0.5, 0.6) is 0 Å². The van der Waals surface area contributed by atoms with Crippen molar-refractivity contribution < 1.29 is 28.6 Å². The maximum atomic E-state index is 11.7. The number of ether oxygens (including phenoxy) is 3. The Morgan fingerprint density at radius 1 is 1.26 bits per heavy atom. The molecule has 27 heavy (non-hydrogen) atoms. The number of hydrogen-bond acceptors (Lipinski definition) is 7. The van der Waals surface area contributed by atoms with Crippen LogP contribution in [0, 0.1) is 0 Å². The first-order chi connectivity index (χ1) is 13.0. The van der Waals surface area contributed by atoms with Gasteiger partial charge in [-0.2, -0.15) is 0 Å². The molecule has 1 aliphatic heterocycles. The van der Waals surface area contributed by atoms with Gasteiger partial charge in [0.2, 0.25) is 0 Å². The molecular weight excluding hydrogens is 350 g/mol. The number of carbonyl (C=O) groups excluding carboxylic acids is 3. The quantitative estimate of drug-likeness (QED) is 0.367. The molecule has 0 amide bonds. The second kappa shape index (κ2) is 9.99. The van der Waals surface area contributed by atoms with Crippen LogP contribution in [-0.2, 0) is 35.2 Å². The van der Waals surface area contributed by atoms with Crippen LogP contribution in [0.3, 0.4) is 0 Å². The lowest BCUT2D eigenvalue weighted by atomic mass is 10.0. The zero-order chi connectivity index (χ0) is 19.8. The summed E-state index contributed by atoms with van der Waals surface area (Å²) in [5.74, 6) is -1.08. The van der Waals surface area contributed by atoms with Crippen molar-refractivity contribution in [3.8, 4) is 0 Å². The second-order valence-corrected chi connectivity index (χ2v) is 6.35. The third kappa shape index (κ3) is 5.74. The predicted molar refractivity (Wildman–Crippen MR) is 97.7 cm³/mol. The van der Waals surface area contributed by atoms with E-state index in [1.54, 1.807) is 6.08 Å². The van der Waals surface area contributed by atoms with Gasteiger partial charge >= 0.3 is 11.9 Å². The van der Waals surface area contributed by atoms with Gasteiger partial charge in [0, 0.05) is 26.9 Å². The molecule has 0 radical (unpaired) electrons. The van der Waals surface area contributed by atoms with E-state index in [4.69, 9.17) is 14.2 Å². The number of rotatable bonds is 9. The zero-order valence-corrected chi connectivity index (χ0v) is 15.6. The molecule has 1 fully saturated rings. The molecule has 1 aromatic rings. The predicted octanol–water partition coefficient (Wildman–Crippen LogP) is 1.50. The monoisotopic (exact) mass is 375 g/mol. The van der Waals surface area contributed by atoms with E-state index in [0.717, 1.165) is 5.56 Å². The molecule has 7 nitrogen and oxygen atoms in total. The average molecular weight is 375 g/mol. The van der Waals surface area contributed by atoms with Gasteiger partial charge in [-0.25, -0.2) is 0 Å². The van der Waals surface area contributed by atoms with E-state index in [1.807, 2.05) is 35.2 Å². The van der Waals surface area contributed by atoms with E-state index in [2.05, 4.69) is 6.58 Å². The van der Waals surface area contributed by atoms with Gasteiger partial charge in [0.15, 0.2) is 12.4 Å². The summed E-state index contributed by atoms with van der Waals surface area (Å²) in [6.07, 6.45) is -0.0689. The Morgan fingerprint density at radius 3 is 2.52 bits per heavy atom. The molecule has 2 rings (SSSR count). The molecule has 1 heterocycles. The summed E-state index contributed by atoms with van der Waals surface area (Å²) in [6, 6.07) is 8.95. The Balaban J connectivity index is 2.23. The van der Waals surface area contributed by atoms with E-state index in [0.29, 0.717) is 26.0 Å². The Morgan fingerprint density at radius 2 is 1.96 bits per heavy atom. The van der Waals surface area contributed by atoms with Crippen LogP contribution in [-0.4, -0.2) is 60.6 Å². The number of esters is 2. The smallest absolute Gasteiger partial charge is 0.303 e. The van der Waals surface area contributed by atoms with E-state index < -0.39 is 36.3 Å². The lowest BCUT2D eigenvalue weighted by Gasteiger charge is -2.30. The molecular formula is C20H25NO6. The third-order valence-corrected chi connectivity index (χ3v) is 4.28. The van der Waals surface area contributed by atoms with Crippen LogP contribution < -0.4 is 0 Å².